The van der Waals surface area contributed by atoms with E-state index in [1.165, 1.54) is 0 Å². The van der Waals surface area contributed by atoms with E-state index in [0.717, 1.165) is 47.9 Å². The predicted octanol–water partition coefficient (Wildman–Crippen LogP) is 4.70. The molecule has 2 aliphatic carbocycles. The smallest absolute Gasteiger partial charge is 0.407 e. The van der Waals surface area contributed by atoms with Gasteiger partial charge in [-0.05, 0) is 46.9 Å². The van der Waals surface area contributed by atoms with Crippen molar-refractivity contribution in [1.29, 1.82) is 0 Å². The molecule has 4 rings (SSSR count). The van der Waals surface area contributed by atoms with Crippen molar-refractivity contribution in [2.75, 3.05) is 6.61 Å². The van der Waals surface area contributed by atoms with E-state index >= 15 is 0 Å². The van der Waals surface area contributed by atoms with Crippen LogP contribution in [0.25, 0.3) is 11.1 Å². The van der Waals surface area contributed by atoms with Gasteiger partial charge in [0.1, 0.15) is 12.6 Å². The normalized spacial score (nSPS) is 20.0. The van der Waals surface area contributed by atoms with E-state index < -0.39 is 18.1 Å². The first kappa shape index (κ1) is 24.8. The second kappa shape index (κ2) is 10.9. The number of hydrogen-bond acceptors (Lipinski definition) is 4. The van der Waals surface area contributed by atoms with Gasteiger partial charge in [0.05, 0.1) is 6.42 Å². The Morgan fingerprint density at radius 2 is 1.57 bits per heavy atom. The zero-order valence-electron chi connectivity index (χ0n) is 20.3. The quantitative estimate of drug-likeness (QED) is 0.510. The summed E-state index contributed by atoms with van der Waals surface area (Å²) in [6.45, 7) is 3.91. The number of amides is 2. The van der Waals surface area contributed by atoms with Crippen LogP contribution in [0.3, 0.4) is 0 Å². The molecule has 7 nitrogen and oxygen atoms in total. The lowest BCUT2D eigenvalue weighted by molar-refractivity contribution is -0.139. The molecule has 35 heavy (non-hydrogen) atoms. The van der Waals surface area contributed by atoms with Crippen LogP contribution in [0.15, 0.2) is 48.5 Å². The number of aliphatic carboxylic acids is 1. The molecule has 0 bridgehead atoms. The van der Waals surface area contributed by atoms with Crippen LogP contribution in [0.4, 0.5) is 4.79 Å². The fourth-order valence-electron chi connectivity index (χ4n) is 5.44. The molecule has 2 aromatic carbocycles. The Morgan fingerprint density at radius 3 is 2.17 bits per heavy atom. The van der Waals surface area contributed by atoms with Crippen molar-refractivity contribution in [2.24, 2.45) is 11.8 Å². The minimum atomic E-state index is -0.853. The number of carbonyl (C=O) groups is 3. The Morgan fingerprint density at radius 1 is 0.971 bits per heavy atom. The summed E-state index contributed by atoms with van der Waals surface area (Å²) in [7, 11) is 0. The summed E-state index contributed by atoms with van der Waals surface area (Å²) in [6.07, 6.45) is 2.86. The van der Waals surface area contributed by atoms with Crippen molar-refractivity contribution >= 4 is 18.0 Å². The van der Waals surface area contributed by atoms with Crippen LogP contribution in [-0.4, -0.2) is 41.8 Å². The van der Waals surface area contributed by atoms with Crippen molar-refractivity contribution in [1.82, 2.24) is 10.6 Å². The lowest BCUT2D eigenvalue weighted by atomic mass is 9.82. The molecule has 2 aromatic rings. The van der Waals surface area contributed by atoms with Gasteiger partial charge in [-0.1, -0.05) is 75.2 Å². The molecule has 0 aromatic heterocycles. The SMILES string of the molecule is CC(C)[C@H](NC(=O)OCC1c2ccccc2-c2ccccc21)C(=O)NC1CCCCC1CC(=O)O. The third kappa shape index (κ3) is 5.66. The van der Waals surface area contributed by atoms with Crippen LogP contribution < -0.4 is 10.6 Å². The Kier molecular flexibility index (Phi) is 7.73. The molecule has 3 atom stereocenters. The van der Waals surface area contributed by atoms with Gasteiger partial charge in [-0.2, -0.15) is 0 Å². The van der Waals surface area contributed by atoms with E-state index in [4.69, 9.17) is 4.74 Å². The molecule has 186 valence electrons. The maximum Gasteiger partial charge on any atom is 0.407 e. The molecule has 0 spiro atoms. The van der Waals surface area contributed by atoms with Crippen LogP contribution in [0.5, 0.6) is 0 Å². The third-order valence-corrected chi connectivity index (χ3v) is 7.24. The van der Waals surface area contributed by atoms with Gasteiger partial charge in [0.25, 0.3) is 0 Å². The van der Waals surface area contributed by atoms with Gasteiger partial charge in [0, 0.05) is 12.0 Å². The summed E-state index contributed by atoms with van der Waals surface area (Å²) in [6, 6.07) is 15.3. The van der Waals surface area contributed by atoms with E-state index in [9.17, 15) is 19.5 Å². The Balaban J connectivity index is 1.38. The van der Waals surface area contributed by atoms with E-state index in [1.807, 2.05) is 38.1 Å². The Labute approximate surface area is 206 Å². The fourth-order valence-corrected chi connectivity index (χ4v) is 5.44. The van der Waals surface area contributed by atoms with Gasteiger partial charge in [-0.15, -0.1) is 0 Å². The van der Waals surface area contributed by atoms with Crippen LogP contribution >= 0.6 is 0 Å². The molecule has 0 saturated heterocycles. The van der Waals surface area contributed by atoms with Gasteiger partial charge >= 0.3 is 12.1 Å². The summed E-state index contributed by atoms with van der Waals surface area (Å²) >= 11 is 0. The highest BCUT2D eigenvalue weighted by Gasteiger charge is 2.33. The minimum Gasteiger partial charge on any atom is -0.481 e. The molecule has 1 fully saturated rings. The molecule has 1 saturated carbocycles. The molecular formula is C28H34N2O5. The third-order valence-electron chi connectivity index (χ3n) is 7.24. The van der Waals surface area contributed by atoms with Crippen LogP contribution in [0, 0.1) is 11.8 Å². The standard InChI is InChI=1S/C28H34N2O5/c1-17(2)26(27(33)29-24-14-8-3-9-18(24)15-25(31)32)30-28(34)35-16-23-21-12-6-4-10-19(21)20-11-5-7-13-22(20)23/h4-7,10-13,17-18,23-24,26H,3,8-9,14-16H2,1-2H3,(H,29,33)(H,30,34)(H,31,32)/t18?,24?,26-/m0/s1. The largest absolute Gasteiger partial charge is 0.481 e. The molecule has 7 heteroatoms. The second-order valence-corrected chi connectivity index (χ2v) is 9.95. The predicted molar refractivity (Wildman–Crippen MR) is 133 cm³/mol. The van der Waals surface area contributed by atoms with Crippen LogP contribution in [-0.2, 0) is 14.3 Å². The fraction of sp³-hybridized carbons (Fsp3) is 0.464. The molecule has 0 aliphatic heterocycles. The highest BCUT2D eigenvalue weighted by atomic mass is 16.5. The lowest BCUT2D eigenvalue weighted by Gasteiger charge is -2.33. The average molecular weight is 479 g/mol. The number of fused-ring (bicyclic) bond motifs is 3. The first-order chi connectivity index (χ1) is 16.8. The van der Waals surface area contributed by atoms with Crippen LogP contribution in [0.2, 0.25) is 0 Å². The Hall–Kier alpha value is -3.35. The van der Waals surface area contributed by atoms with E-state index in [2.05, 4.69) is 34.9 Å². The van der Waals surface area contributed by atoms with Crippen molar-refractivity contribution < 1.29 is 24.2 Å². The lowest BCUT2D eigenvalue weighted by Crippen LogP contribution is -2.54. The second-order valence-electron chi connectivity index (χ2n) is 9.95. The van der Waals surface area contributed by atoms with Crippen molar-refractivity contribution in [3.05, 3.63) is 59.7 Å². The zero-order chi connectivity index (χ0) is 24.9. The minimum absolute atomic E-state index is 0.0388. The van der Waals surface area contributed by atoms with E-state index in [0.29, 0.717) is 0 Å². The summed E-state index contributed by atoms with van der Waals surface area (Å²) < 4.78 is 5.63. The molecule has 2 aliphatic rings. The maximum absolute atomic E-state index is 13.1. The van der Waals surface area contributed by atoms with Crippen molar-refractivity contribution in [2.45, 2.75) is 64.0 Å². The maximum atomic E-state index is 13.1. The zero-order valence-corrected chi connectivity index (χ0v) is 20.3. The molecule has 2 unspecified atom stereocenters. The van der Waals surface area contributed by atoms with Gasteiger partial charge in [-0.25, -0.2) is 4.79 Å². The number of carboxylic acid groups (broad SMARTS) is 1. The van der Waals surface area contributed by atoms with Gasteiger partial charge < -0.3 is 20.5 Å². The molecule has 0 radical (unpaired) electrons. The number of carboxylic acids is 1. The molecule has 0 heterocycles. The van der Waals surface area contributed by atoms with Crippen LogP contribution in [0.1, 0.15) is 63.0 Å². The number of alkyl carbamates (subject to hydrolysis) is 1. The molecule has 3 N–H and O–H groups in total. The van der Waals surface area contributed by atoms with Gasteiger partial charge in [0.2, 0.25) is 5.91 Å². The summed E-state index contributed by atoms with van der Waals surface area (Å²) in [4.78, 5) is 37.1. The average Bonchev–Trinajstić information content (AvgIpc) is 3.15. The number of benzene rings is 2. The van der Waals surface area contributed by atoms with E-state index in [-0.39, 0.29) is 42.7 Å². The number of hydrogen-bond donors (Lipinski definition) is 3. The van der Waals surface area contributed by atoms with Gasteiger partial charge in [-0.3, -0.25) is 9.59 Å². The topological polar surface area (TPSA) is 105 Å². The number of nitrogens with one attached hydrogen (secondary N) is 2. The number of rotatable bonds is 8. The van der Waals surface area contributed by atoms with E-state index in [1.54, 1.807) is 0 Å². The number of ether oxygens (including phenoxy) is 1. The molecular weight excluding hydrogens is 444 g/mol. The summed E-state index contributed by atoms with van der Waals surface area (Å²) in [5, 5.41) is 15.0. The number of carbonyl (C=O) groups excluding carboxylic acids is 2. The highest BCUT2D eigenvalue weighted by Crippen LogP contribution is 2.44. The van der Waals surface area contributed by atoms with Crippen molar-refractivity contribution in [3.63, 3.8) is 0 Å². The molecule has 2 amide bonds. The van der Waals surface area contributed by atoms with Crippen molar-refractivity contribution in [3.8, 4) is 11.1 Å². The first-order valence-corrected chi connectivity index (χ1v) is 12.5. The monoisotopic (exact) mass is 478 g/mol. The summed E-state index contributed by atoms with van der Waals surface area (Å²) in [5.41, 5.74) is 4.56. The first-order valence-electron chi connectivity index (χ1n) is 12.5. The highest BCUT2D eigenvalue weighted by molar-refractivity contribution is 5.86. The Bertz CT molecular complexity index is 1040. The summed E-state index contributed by atoms with van der Waals surface area (Å²) in [5.74, 6) is -1.45. The van der Waals surface area contributed by atoms with Gasteiger partial charge in [0.15, 0.2) is 0 Å².